The molecule has 0 aliphatic carbocycles. The highest BCUT2D eigenvalue weighted by Gasteiger charge is 2.33. The van der Waals surface area contributed by atoms with Crippen LogP contribution in [0.5, 0.6) is 0 Å². The molecular weight excluding hydrogens is 204 g/mol. The lowest BCUT2D eigenvalue weighted by molar-refractivity contribution is -0.138. The van der Waals surface area contributed by atoms with Gasteiger partial charge < -0.3 is 10.0 Å². The lowest BCUT2D eigenvalue weighted by Gasteiger charge is -2.38. The third-order valence-electron chi connectivity index (χ3n) is 3.90. The number of aliphatic carboxylic acids is 1. The molecule has 2 heterocycles. The van der Waals surface area contributed by atoms with E-state index in [2.05, 4.69) is 16.8 Å². The Bertz CT molecular complexity index is 257. The molecule has 16 heavy (non-hydrogen) atoms. The average Bonchev–Trinajstić information content (AvgIpc) is 2.65. The van der Waals surface area contributed by atoms with Gasteiger partial charge in [-0.25, -0.2) is 0 Å². The van der Waals surface area contributed by atoms with E-state index >= 15 is 0 Å². The van der Waals surface area contributed by atoms with Crippen LogP contribution in [0.2, 0.25) is 0 Å². The predicted molar refractivity (Wildman–Crippen MR) is 62.5 cm³/mol. The summed E-state index contributed by atoms with van der Waals surface area (Å²) in [6, 6.07) is 0.875. The molecule has 2 aliphatic rings. The van der Waals surface area contributed by atoms with Crippen LogP contribution in [0.4, 0.5) is 0 Å². The van der Waals surface area contributed by atoms with Crippen LogP contribution in [0.3, 0.4) is 0 Å². The maximum atomic E-state index is 10.8. The first-order valence-electron chi connectivity index (χ1n) is 6.33. The van der Waals surface area contributed by atoms with Crippen LogP contribution < -0.4 is 0 Å². The first-order chi connectivity index (χ1) is 7.66. The molecule has 0 radical (unpaired) electrons. The number of rotatable bonds is 3. The van der Waals surface area contributed by atoms with E-state index in [0.717, 1.165) is 25.9 Å². The van der Waals surface area contributed by atoms with Crippen molar-refractivity contribution in [2.45, 2.75) is 44.2 Å². The number of likely N-dealkylation sites (tertiary alicyclic amines) is 2. The number of nitrogens with zero attached hydrogens (tertiary/aromatic N) is 2. The second-order valence-electron chi connectivity index (χ2n) is 5.19. The molecule has 2 atom stereocenters. The molecule has 0 saturated carbocycles. The number of hydrogen-bond acceptors (Lipinski definition) is 3. The average molecular weight is 226 g/mol. The van der Waals surface area contributed by atoms with E-state index in [9.17, 15) is 4.79 Å². The Morgan fingerprint density at radius 3 is 2.75 bits per heavy atom. The smallest absolute Gasteiger partial charge is 0.304 e. The summed E-state index contributed by atoms with van der Waals surface area (Å²) >= 11 is 0. The minimum Gasteiger partial charge on any atom is -0.481 e. The van der Waals surface area contributed by atoms with Crippen LogP contribution in [-0.2, 0) is 4.79 Å². The monoisotopic (exact) mass is 226 g/mol. The summed E-state index contributed by atoms with van der Waals surface area (Å²) < 4.78 is 0. The minimum atomic E-state index is -0.652. The van der Waals surface area contributed by atoms with Gasteiger partial charge in [-0.15, -0.1) is 0 Å². The Hall–Kier alpha value is -0.610. The zero-order valence-electron chi connectivity index (χ0n) is 10.1. The summed E-state index contributed by atoms with van der Waals surface area (Å²) in [5.41, 5.74) is 0. The topological polar surface area (TPSA) is 43.8 Å². The molecule has 2 rings (SSSR count). The van der Waals surface area contributed by atoms with Crippen LogP contribution >= 0.6 is 0 Å². The van der Waals surface area contributed by atoms with Gasteiger partial charge in [0.2, 0.25) is 0 Å². The fourth-order valence-electron chi connectivity index (χ4n) is 3.17. The molecule has 2 saturated heterocycles. The molecule has 2 fully saturated rings. The zero-order valence-corrected chi connectivity index (χ0v) is 10.1. The molecule has 0 bridgehead atoms. The van der Waals surface area contributed by atoms with Crippen molar-refractivity contribution in [2.75, 3.05) is 26.7 Å². The van der Waals surface area contributed by atoms with Crippen molar-refractivity contribution in [1.82, 2.24) is 9.80 Å². The highest BCUT2D eigenvalue weighted by Crippen LogP contribution is 2.26. The molecule has 0 aromatic heterocycles. The molecule has 2 aliphatic heterocycles. The number of likely N-dealkylation sites (N-methyl/N-ethyl adjacent to an activating group) is 1. The number of hydrogen-bond donors (Lipinski definition) is 1. The molecule has 4 heteroatoms. The van der Waals surface area contributed by atoms with Crippen molar-refractivity contribution in [1.29, 1.82) is 0 Å². The van der Waals surface area contributed by atoms with Crippen LogP contribution in [-0.4, -0.2) is 59.6 Å². The Kier molecular flexibility index (Phi) is 3.82. The molecule has 0 aromatic rings. The third kappa shape index (κ3) is 2.74. The van der Waals surface area contributed by atoms with E-state index in [1.165, 1.54) is 19.4 Å². The van der Waals surface area contributed by atoms with Crippen LogP contribution in [0.15, 0.2) is 0 Å². The first-order valence-corrected chi connectivity index (χ1v) is 6.33. The van der Waals surface area contributed by atoms with Gasteiger partial charge in [-0.2, -0.15) is 0 Å². The Morgan fingerprint density at radius 2 is 2.06 bits per heavy atom. The third-order valence-corrected chi connectivity index (χ3v) is 3.90. The normalized spacial score (nSPS) is 33.1. The molecule has 4 nitrogen and oxygen atoms in total. The Balaban J connectivity index is 1.93. The van der Waals surface area contributed by atoms with Gasteiger partial charge in [0.15, 0.2) is 0 Å². The highest BCUT2D eigenvalue weighted by molar-refractivity contribution is 5.67. The lowest BCUT2D eigenvalue weighted by Crippen LogP contribution is -2.48. The van der Waals surface area contributed by atoms with E-state index < -0.39 is 5.97 Å². The van der Waals surface area contributed by atoms with Crippen LogP contribution in [0.1, 0.15) is 32.1 Å². The molecule has 92 valence electrons. The number of carboxylic acid groups (broad SMARTS) is 1. The van der Waals surface area contributed by atoms with Gasteiger partial charge in [-0.1, -0.05) is 0 Å². The zero-order chi connectivity index (χ0) is 11.5. The summed E-state index contributed by atoms with van der Waals surface area (Å²) in [6.07, 6.45) is 5.03. The highest BCUT2D eigenvalue weighted by atomic mass is 16.4. The number of carboxylic acids is 1. The summed E-state index contributed by atoms with van der Waals surface area (Å²) in [7, 11) is 2.16. The van der Waals surface area contributed by atoms with Gasteiger partial charge in [-0.05, 0) is 45.8 Å². The molecule has 0 amide bonds. The van der Waals surface area contributed by atoms with Crippen molar-refractivity contribution in [3.8, 4) is 0 Å². The summed E-state index contributed by atoms with van der Waals surface area (Å²) in [4.78, 5) is 15.6. The van der Waals surface area contributed by atoms with Crippen molar-refractivity contribution in [3.63, 3.8) is 0 Å². The second-order valence-corrected chi connectivity index (χ2v) is 5.19. The van der Waals surface area contributed by atoms with Crippen molar-refractivity contribution in [3.05, 3.63) is 0 Å². The Morgan fingerprint density at radius 1 is 1.31 bits per heavy atom. The van der Waals surface area contributed by atoms with E-state index in [1.54, 1.807) is 0 Å². The molecular formula is C12H22N2O2. The van der Waals surface area contributed by atoms with Gasteiger partial charge in [-0.3, -0.25) is 9.69 Å². The second kappa shape index (κ2) is 5.15. The number of carbonyl (C=O) groups is 1. The molecule has 0 spiro atoms. The van der Waals surface area contributed by atoms with Crippen LogP contribution in [0, 0.1) is 0 Å². The quantitative estimate of drug-likeness (QED) is 0.780. The van der Waals surface area contributed by atoms with Gasteiger partial charge >= 0.3 is 5.97 Å². The van der Waals surface area contributed by atoms with Crippen molar-refractivity contribution in [2.24, 2.45) is 0 Å². The molecule has 0 aromatic carbocycles. The fourth-order valence-corrected chi connectivity index (χ4v) is 3.17. The molecule has 2 unspecified atom stereocenters. The van der Waals surface area contributed by atoms with Crippen LogP contribution in [0.25, 0.3) is 0 Å². The largest absolute Gasteiger partial charge is 0.481 e. The van der Waals surface area contributed by atoms with E-state index in [4.69, 9.17) is 5.11 Å². The molecule has 1 N–H and O–H groups in total. The van der Waals surface area contributed by atoms with E-state index in [-0.39, 0.29) is 6.04 Å². The van der Waals surface area contributed by atoms with Crippen molar-refractivity contribution >= 4 is 5.97 Å². The number of piperidine rings is 1. The first kappa shape index (κ1) is 11.9. The maximum absolute atomic E-state index is 10.8. The predicted octanol–water partition coefficient (Wildman–Crippen LogP) is 1.02. The van der Waals surface area contributed by atoms with Gasteiger partial charge in [0.25, 0.3) is 0 Å². The fraction of sp³-hybridized carbons (Fsp3) is 0.917. The SMILES string of the molecule is CN1CCCC(N2CCCC2CC(=O)O)C1. The summed E-state index contributed by atoms with van der Waals surface area (Å²) in [5, 5.41) is 8.90. The van der Waals surface area contributed by atoms with E-state index in [0.29, 0.717) is 12.5 Å². The lowest BCUT2D eigenvalue weighted by atomic mass is 10.0. The van der Waals surface area contributed by atoms with E-state index in [1.807, 2.05) is 0 Å². The van der Waals surface area contributed by atoms with Crippen molar-refractivity contribution < 1.29 is 9.90 Å². The summed E-state index contributed by atoms with van der Waals surface area (Å²) in [5.74, 6) is -0.652. The maximum Gasteiger partial charge on any atom is 0.304 e. The van der Waals surface area contributed by atoms with Gasteiger partial charge in [0.1, 0.15) is 0 Å². The van der Waals surface area contributed by atoms with Gasteiger partial charge in [0.05, 0.1) is 6.42 Å². The standard InChI is InChI=1S/C12H22N2O2/c1-13-6-2-5-11(9-13)14-7-3-4-10(14)8-12(15)16/h10-11H,2-9H2,1H3,(H,15,16). The van der Waals surface area contributed by atoms with Gasteiger partial charge in [0, 0.05) is 18.6 Å². The summed E-state index contributed by atoms with van der Waals surface area (Å²) in [6.45, 7) is 3.39. The Labute approximate surface area is 97.2 Å². The minimum absolute atomic E-state index is 0.286.